The Bertz CT molecular complexity index is 557. The summed E-state index contributed by atoms with van der Waals surface area (Å²) >= 11 is 6.13. The number of rotatable bonds is 14. The van der Waals surface area contributed by atoms with Gasteiger partial charge in [-0.25, -0.2) is 4.79 Å². The molecular weight excluding hydrogens is 388 g/mol. The van der Waals surface area contributed by atoms with Gasteiger partial charge in [0.15, 0.2) is 5.60 Å². The summed E-state index contributed by atoms with van der Waals surface area (Å²) in [6, 6.07) is 0. The van der Waals surface area contributed by atoms with Crippen molar-refractivity contribution in [2.24, 2.45) is 17.8 Å². The lowest BCUT2D eigenvalue weighted by atomic mass is 9.87. The van der Waals surface area contributed by atoms with E-state index in [1.807, 2.05) is 12.2 Å². The Morgan fingerprint density at radius 1 is 1.21 bits per heavy atom. The fourth-order valence-corrected chi connectivity index (χ4v) is 4.38. The predicted molar refractivity (Wildman–Crippen MR) is 119 cm³/mol. The van der Waals surface area contributed by atoms with Crippen molar-refractivity contribution in [2.75, 3.05) is 13.0 Å². The van der Waals surface area contributed by atoms with Crippen LogP contribution in [0.15, 0.2) is 24.3 Å². The number of allylic oxidation sites excluding steroid dienone is 4. The molecule has 1 N–H and O–H groups in total. The van der Waals surface area contributed by atoms with Gasteiger partial charge in [-0.15, -0.1) is 11.6 Å². The van der Waals surface area contributed by atoms with E-state index < -0.39 is 11.6 Å². The highest BCUT2D eigenvalue weighted by molar-refractivity contribution is 6.18. The number of hydrogen-bond donors (Lipinski definition) is 1. The van der Waals surface area contributed by atoms with Crippen molar-refractivity contribution < 1.29 is 19.4 Å². The van der Waals surface area contributed by atoms with Crippen LogP contribution in [0.25, 0.3) is 0 Å². The molecule has 1 aliphatic carbocycles. The average Bonchev–Trinajstić information content (AvgIpc) is 3.04. The molecule has 166 valence electrons. The molecule has 0 amide bonds. The van der Waals surface area contributed by atoms with Gasteiger partial charge in [-0.1, -0.05) is 57.4 Å². The van der Waals surface area contributed by atoms with Gasteiger partial charge < -0.3 is 9.84 Å². The molecule has 29 heavy (non-hydrogen) atoms. The standard InChI is InChI=1S/C24H39ClO4/c1-4-6-7-8-9-11-14-20-19(18-25)17-22(26)21(20)15-12-10-13-16-24(28,5-2)23(27)29-3/h10-12,14,19-21,28H,4-9,13,15-18H2,1-3H3/b12-10-,14-11+/t19-,20-,21+,24?/m0/s1. The van der Waals surface area contributed by atoms with Crippen LogP contribution in [0.1, 0.15) is 78.1 Å². The second-order valence-corrected chi connectivity index (χ2v) is 8.48. The van der Waals surface area contributed by atoms with Crippen molar-refractivity contribution >= 4 is 23.4 Å². The summed E-state index contributed by atoms with van der Waals surface area (Å²) in [6.07, 6.45) is 16.9. The molecule has 0 aromatic heterocycles. The Kier molecular flexibility index (Phi) is 12.5. The van der Waals surface area contributed by atoms with E-state index >= 15 is 0 Å². The minimum atomic E-state index is -1.44. The molecule has 1 unspecified atom stereocenters. The normalized spacial score (nSPS) is 24.4. The Hall–Kier alpha value is -1.13. The Morgan fingerprint density at radius 3 is 2.59 bits per heavy atom. The van der Waals surface area contributed by atoms with E-state index in [1.165, 1.54) is 32.8 Å². The highest BCUT2D eigenvalue weighted by Gasteiger charge is 2.39. The van der Waals surface area contributed by atoms with Crippen molar-refractivity contribution in [2.45, 2.75) is 83.7 Å². The number of carbonyl (C=O) groups excluding carboxylic acids is 2. The summed E-state index contributed by atoms with van der Waals surface area (Å²) in [5.74, 6) is 0.624. The number of aliphatic hydroxyl groups is 1. The number of hydrogen-bond acceptors (Lipinski definition) is 4. The molecule has 1 saturated carbocycles. The molecule has 0 spiro atoms. The first kappa shape index (κ1) is 25.9. The number of unbranched alkanes of at least 4 members (excludes halogenated alkanes) is 4. The van der Waals surface area contributed by atoms with Crippen LogP contribution < -0.4 is 0 Å². The molecule has 4 nitrogen and oxygen atoms in total. The van der Waals surface area contributed by atoms with Gasteiger partial charge in [-0.3, -0.25) is 4.79 Å². The van der Waals surface area contributed by atoms with Gasteiger partial charge in [0.25, 0.3) is 0 Å². The van der Waals surface area contributed by atoms with Crippen molar-refractivity contribution in [3.63, 3.8) is 0 Å². The van der Waals surface area contributed by atoms with E-state index in [-0.39, 0.29) is 17.8 Å². The number of methoxy groups -OCH3 is 1. The number of ether oxygens (including phenoxy) is 1. The molecule has 0 aliphatic heterocycles. The summed E-state index contributed by atoms with van der Waals surface area (Å²) in [5.41, 5.74) is -1.44. The summed E-state index contributed by atoms with van der Waals surface area (Å²) in [6.45, 7) is 3.98. The third-order valence-electron chi connectivity index (χ3n) is 6.10. The van der Waals surface area contributed by atoms with E-state index in [4.69, 9.17) is 11.6 Å². The van der Waals surface area contributed by atoms with Gasteiger partial charge >= 0.3 is 5.97 Å². The first-order valence-corrected chi connectivity index (χ1v) is 11.7. The van der Waals surface area contributed by atoms with Crippen LogP contribution in [0.3, 0.4) is 0 Å². The number of alkyl halides is 1. The highest BCUT2D eigenvalue weighted by atomic mass is 35.5. The third kappa shape index (κ3) is 8.25. The monoisotopic (exact) mass is 426 g/mol. The lowest BCUT2D eigenvalue weighted by Crippen LogP contribution is -2.38. The van der Waals surface area contributed by atoms with Crippen LogP contribution in [-0.4, -0.2) is 35.4 Å². The van der Waals surface area contributed by atoms with E-state index in [9.17, 15) is 14.7 Å². The van der Waals surface area contributed by atoms with Gasteiger partial charge in [-0.2, -0.15) is 0 Å². The number of esters is 1. The number of halogens is 1. The number of ketones is 1. The molecule has 1 aliphatic rings. The fraction of sp³-hybridized carbons (Fsp3) is 0.750. The molecule has 0 aromatic carbocycles. The molecule has 0 aromatic rings. The molecule has 0 saturated heterocycles. The van der Waals surface area contributed by atoms with Crippen LogP contribution in [0, 0.1) is 17.8 Å². The first-order valence-electron chi connectivity index (χ1n) is 11.1. The molecule has 1 fully saturated rings. The fourth-order valence-electron chi connectivity index (χ4n) is 4.06. The summed E-state index contributed by atoms with van der Waals surface area (Å²) in [7, 11) is 1.29. The van der Waals surface area contributed by atoms with E-state index in [1.54, 1.807) is 6.92 Å². The van der Waals surface area contributed by atoms with Crippen molar-refractivity contribution in [3.8, 4) is 0 Å². The maximum Gasteiger partial charge on any atom is 0.337 e. The lowest BCUT2D eigenvalue weighted by molar-refractivity contribution is -0.163. The Balaban J connectivity index is 2.57. The molecule has 1 rings (SSSR count). The van der Waals surface area contributed by atoms with Gasteiger partial charge in [0.2, 0.25) is 0 Å². The largest absolute Gasteiger partial charge is 0.467 e. The lowest BCUT2D eigenvalue weighted by Gasteiger charge is -2.22. The molecule has 4 atom stereocenters. The molecule has 0 heterocycles. The second-order valence-electron chi connectivity index (χ2n) is 8.17. The van der Waals surface area contributed by atoms with Crippen molar-refractivity contribution in [3.05, 3.63) is 24.3 Å². The SMILES string of the molecule is CCCCCC/C=C/[C@H]1[C@H](CCl)CC(=O)[C@@H]1C/C=C\CCC(O)(CC)C(=O)OC. The summed E-state index contributed by atoms with van der Waals surface area (Å²) in [5, 5.41) is 10.3. The van der Waals surface area contributed by atoms with Gasteiger partial charge in [0.05, 0.1) is 7.11 Å². The van der Waals surface area contributed by atoms with Crippen LogP contribution in [0.5, 0.6) is 0 Å². The predicted octanol–water partition coefficient (Wildman–Crippen LogP) is 5.61. The third-order valence-corrected chi connectivity index (χ3v) is 6.49. The minimum Gasteiger partial charge on any atom is -0.467 e. The highest BCUT2D eigenvalue weighted by Crippen LogP contribution is 2.38. The first-order chi connectivity index (χ1) is 13.9. The van der Waals surface area contributed by atoms with Gasteiger partial charge in [0, 0.05) is 18.2 Å². The molecular formula is C24H39ClO4. The van der Waals surface area contributed by atoms with Crippen LogP contribution in [0.4, 0.5) is 0 Å². The van der Waals surface area contributed by atoms with E-state index in [0.717, 1.165) is 6.42 Å². The average molecular weight is 427 g/mol. The maximum absolute atomic E-state index is 12.5. The van der Waals surface area contributed by atoms with E-state index in [2.05, 4.69) is 23.8 Å². The summed E-state index contributed by atoms with van der Waals surface area (Å²) < 4.78 is 4.69. The zero-order valence-corrected chi connectivity index (χ0v) is 19.1. The minimum absolute atomic E-state index is 0.0208. The quantitative estimate of drug-likeness (QED) is 0.169. The smallest absolute Gasteiger partial charge is 0.337 e. The molecule has 0 bridgehead atoms. The topological polar surface area (TPSA) is 63.6 Å². The number of Topliss-reactive ketones (excluding diaryl/α,β-unsaturated/α-hetero) is 1. The molecule has 0 radical (unpaired) electrons. The van der Waals surface area contributed by atoms with Crippen LogP contribution in [-0.2, 0) is 14.3 Å². The number of carbonyl (C=O) groups is 2. The zero-order valence-electron chi connectivity index (χ0n) is 18.4. The maximum atomic E-state index is 12.5. The Morgan fingerprint density at radius 2 is 1.97 bits per heavy atom. The van der Waals surface area contributed by atoms with Crippen LogP contribution >= 0.6 is 11.6 Å². The van der Waals surface area contributed by atoms with Gasteiger partial charge in [0.1, 0.15) is 5.78 Å². The van der Waals surface area contributed by atoms with Crippen LogP contribution in [0.2, 0.25) is 0 Å². The molecule has 5 heteroatoms. The Labute approximate surface area is 181 Å². The van der Waals surface area contributed by atoms with Gasteiger partial charge in [-0.05, 0) is 50.4 Å². The van der Waals surface area contributed by atoms with Crippen molar-refractivity contribution in [1.29, 1.82) is 0 Å². The van der Waals surface area contributed by atoms with E-state index in [0.29, 0.717) is 43.8 Å². The zero-order chi connectivity index (χ0) is 21.7. The second kappa shape index (κ2) is 14.0. The van der Waals surface area contributed by atoms with Crippen molar-refractivity contribution in [1.82, 2.24) is 0 Å². The summed E-state index contributed by atoms with van der Waals surface area (Å²) in [4.78, 5) is 24.2.